The van der Waals surface area contributed by atoms with Crippen molar-refractivity contribution < 1.29 is 23.5 Å². The summed E-state index contributed by atoms with van der Waals surface area (Å²) in [5.41, 5.74) is 2.40. The second kappa shape index (κ2) is 9.17. The Kier molecular flexibility index (Phi) is 6.17. The maximum Gasteiger partial charge on any atom is 0.338 e. The highest BCUT2D eigenvalue weighted by Crippen LogP contribution is 2.31. The highest BCUT2D eigenvalue weighted by atomic mass is 32.2. The fourth-order valence-electron chi connectivity index (χ4n) is 3.28. The summed E-state index contributed by atoms with van der Waals surface area (Å²) < 4.78 is 16.2. The van der Waals surface area contributed by atoms with Crippen molar-refractivity contribution in [1.29, 1.82) is 0 Å². The van der Waals surface area contributed by atoms with E-state index >= 15 is 0 Å². The molecule has 1 aliphatic heterocycles. The molecule has 0 saturated carbocycles. The zero-order valence-electron chi connectivity index (χ0n) is 17.1. The van der Waals surface area contributed by atoms with Crippen molar-refractivity contribution in [1.82, 2.24) is 20.6 Å². The third-order valence-electron chi connectivity index (χ3n) is 4.57. The molecule has 0 fully saturated rings. The highest BCUT2D eigenvalue weighted by Gasteiger charge is 2.35. The highest BCUT2D eigenvalue weighted by molar-refractivity contribution is 7.99. The molecular weight excluding hydrogens is 420 g/mol. The number of esters is 1. The molecule has 162 valence electrons. The number of ether oxygens (including phenoxy) is 2. The van der Waals surface area contributed by atoms with Crippen molar-refractivity contribution in [3.05, 3.63) is 53.6 Å². The molecule has 0 aliphatic carbocycles. The molecule has 1 unspecified atom stereocenters. The molecule has 0 spiro atoms. The Morgan fingerprint density at radius 2 is 2.13 bits per heavy atom. The van der Waals surface area contributed by atoms with Gasteiger partial charge in [-0.3, -0.25) is 0 Å². The lowest BCUT2D eigenvalue weighted by Gasteiger charge is -2.27. The van der Waals surface area contributed by atoms with Gasteiger partial charge in [0.15, 0.2) is 5.16 Å². The van der Waals surface area contributed by atoms with Crippen LogP contribution in [0.3, 0.4) is 0 Å². The van der Waals surface area contributed by atoms with Gasteiger partial charge in [-0.25, -0.2) is 14.6 Å². The van der Waals surface area contributed by atoms with Crippen LogP contribution in [0.2, 0.25) is 0 Å². The average molecular weight is 442 g/mol. The van der Waals surface area contributed by atoms with E-state index in [1.54, 1.807) is 19.1 Å². The number of amides is 2. The first kappa shape index (κ1) is 20.9. The summed E-state index contributed by atoms with van der Waals surface area (Å²) in [4.78, 5) is 32.8. The lowest BCUT2D eigenvalue weighted by Crippen LogP contribution is -2.46. The molecule has 4 rings (SSSR count). The number of rotatable bonds is 8. The quantitative estimate of drug-likeness (QED) is 0.361. The molecule has 1 aromatic carbocycles. The van der Waals surface area contributed by atoms with Crippen LogP contribution in [-0.2, 0) is 9.53 Å². The fourth-order valence-corrected chi connectivity index (χ4v) is 4.14. The monoisotopic (exact) mass is 442 g/mol. The molecule has 10 heteroatoms. The van der Waals surface area contributed by atoms with Gasteiger partial charge in [0.2, 0.25) is 0 Å². The number of aromatic amines is 1. The predicted molar refractivity (Wildman–Crippen MR) is 115 cm³/mol. The number of benzene rings is 1. The molecule has 3 N–H and O–H groups in total. The number of fused-ring (bicyclic) bond motifs is 1. The molecule has 31 heavy (non-hydrogen) atoms. The number of hydrogen-bond donors (Lipinski definition) is 3. The van der Waals surface area contributed by atoms with Gasteiger partial charge in [-0.2, -0.15) is 0 Å². The summed E-state index contributed by atoms with van der Waals surface area (Å²) in [5, 5.41) is 6.11. The van der Waals surface area contributed by atoms with Crippen molar-refractivity contribution in [2.75, 3.05) is 19.0 Å². The Hall–Kier alpha value is -3.40. The van der Waals surface area contributed by atoms with E-state index in [0.717, 1.165) is 16.8 Å². The zero-order valence-corrected chi connectivity index (χ0v) is 17.9. The molecule has 9 nitrogen and oxygen atoms in total. The van der Waals surface area contributed by atoms with Crippen molar-refractivity contribution in [2.24, 2.45) is 0 Å². The van der Waals surface area contributed by atoms with Crippen molar-refractivity contribution >= 4 is 34.8 Å². The zero-order chi connectivity index (χ0) is 21.8. The van der Waals surface area contributed by atoms with Gasteiger partial charge < -0.3 is 29.5 Å². The van der Waals surface area contributed by atoms with E-state index in [2.05, 4.69) is 20.6 Å². The minimum Gasteiger partial charge on any atom is -0.494 e. The van der Waals surface area contributed by atoms with Gasteiger partial charge in [0.1, 0.15) is 17.6 Å². The molecule has 0 saturated heterocycles. The minimum absolute atomic E-state index is 0.216. The number of hydrogen-bond acceptors (Lipinski definition) is 7. The topological polar surface area (TPSA) is 118 Å². The van der Waals surface area contributed by atoms with Crippen LogP contribution in [0.15, 0.2) is 57.4 Å². The number of urea groups is 1. The summed E-state index contributed by atoms with van der Waals surface area (Å²) in [6.45, 7) is 4.45. The number of imidazole rings is 1. The van der Waals surface area contributed by atoms with E-state index in [-0.39, 0.29) is 6.61 Å². The first-order valence-electron chi connectivity index (χ1n) is 9.85. The Morgan fingerprint density at radius 3 is 2.87 bits per heavy atom. The fraction of sp³-hybridized carbons (Fsp3) is 0.286. The number of H-pyrrole nitrogens is 1. The molecule has 0 radical (unpaired) electrons. The van der Waals surface area contributed by atoms with Gasteiger partial charge in [0.25, 0.3) is 0 Å². The third-order valence-corrected chi connectivity index (χ3v) is 5.47. The maximum absolute atomic E-state index is 12.7. The van der Waals surface area contributed by atoms with E-state index in [9.17, 15) is 9.59 Å². The van der Waals surface area contributed by atoms with E-state index in [4.69, 9.17) is 13.9 Å². The van der Waals surface area contributed by atoms with Crippen LogP contribution in [0.4, 0.5) is 4.79 Å². The molecular formula is C21H22N4O5S. The van der Waals surface area contributed by atoms with Crippen LogP contribution in [0.1, 0.15) is 25.6 Å². The summed E-state index contributed by atoms with van der Waals surface area (Å²) >= 11 is 1.37. The average Bonchev–Trinajstić information content (AvgIpc) is 3.41. The molecule has 2 aromatic heterocycles. The molecule has 3 heterocycles. The Bertz CT molecular complexity index is 1120. The Labute approximate surface area is 182 Å². The lowest BCUT2D eigenvalue weighted by molar-refractivity contribution is -0.139. The first-order chi connectivity index (χ1) is 15.1. The van der Waals surface area contributed by atoms with E-state index in [1.165, 1.54) is 18.0 Å². The summed E-state index contributed by atoms with van der Waals surface area (Å²) in [5.74, 6) is 0.997. The van der Waals surface area contributed by atoms with Crippen LogP contribution in [0.25, 0.3) is 11.0 Å². The van der Waals surface area contributed by atoms with Crippen molar-refractivity contribution in [3.63, 3.8) is 0 Å². The smallest absolute Gasteiger partial charge is 0.338 e. The van der Waals surface area contributed by atoms with Crippen molar-refractivity contribution in [3.8, 4) is 5.75 Å². The summed E-state index contributed by atoms with van der Waals surface area (Å²) in [7, 11) is 0. The van der Waals surface area contributed by atoms with E-state index in [1.807, 2.05) is 25.1 Å². The van der Waals surface area contributed by atoms with Crippen LogP contribution in [0.5, 0.6) is 5.75 Å². The molecule has 2 amide bonds. The predicted octanol–water partition coefficient (Wildman–Crippen LogP) is 3.52. The number of carbonyl (C=O) groups is 2. The van der Waals surface area contributed by atoms with Crippen LogP contribution >= 0.6 is 11.8 Å². The van der Waals surface area contributed by atoms with Gasteiger partial charge in [0, 0.05) is 17.5 Å². The number of nitrogens with one attached hydrogen (secondary N) is 3. The number of thioether (sulfide) groups is 1. The normalized spacial score (nSPS) is 16.2. The second-order valence-electron chi connectivity index (χ2n) is 6.60. The number of furan rings is 1. The third kappa shape index (κ3) is 4.53. The SMILES string of the molecule is CCOC(=O)C1=C(CSc2nc3ccc(OCC)cc3[nH]2)NC(=O)NC1c1ccco1. The van der Waals surface area contributed by atoms with Crippen LogP contribution < -0.4 is 15.4 Å². The molecule has 0 bridgehead atoms. The molecule has 1 aliphatic rings. The largest absolute Gasteiger partial charge is 0.494 e. The second-order valence-corrected chi connectivity index (χ2v) is 7.57. The molecule has 1 atom stereocenters. The Morgan fingerprint density at radius 1 is 1.26 bits per heavy atom. The minimum atomic E-state index is -0.733. The van der Waals surface area contributed by atoms with Gasteiger partial charge in [-0.15, -0.1) is 0 Å². The number of nitrogens with zero attached hydrogens (tertiary/aromatic N) is 1. The number of aromatic nitrogens is 2. The first-order valence-corrected chi connectivity index (χ1v) is 10.8. The van der Waals surface area contributed by atoms with Gasteiger partial charge >= 0.3 is 12.0 Å². The van der Waals surface area contributed by atoms with Crippen molar-refractivity contribution in [2.45, 2.75) is 25.0 Å². The maximum atomic E-state index is 12.7. The summed E-state index contributed by atoms with van der Waals surface area (Å²) in [6.07, 6.45) is 1.49. The van der Waals surface area contributed by atoms with E-state index in [0.29, 0.717) is 34.5 Å². The Balaban J connectivity index is 1.61. The van der Waals surface area contributed by atoms with Gasteiger partial charge in [0.05, 0.1) is 36.1 Å². The summed E-state index contributed by atoms with van der Waals surface area (Å²) in [6, 6.07) is 7.88. The standard InChI is InChI=1S/C21H22N4O5S/c1-3-28-12-7-8-13-14(10-12)24-21(23-13)31-11-15-17(19(26)29-4-2)18(25-20(27)22-15)16-6-5-9-30-16/h5-10,18H,3-4,11H2,1-2H3,(H,23,24)(H2,22,25,27). The van der Waals surface area contributed by atoms with Crippen LogP contribution in [0, 0.1) is 0 Å². The van der Waals surface area contributed by atoms with Gasteiger partial charge in [-0.1, -0.05) is 11.8 Å². The lowest BCUT2D eigenvalue weighted by atomic mass is 10.0. The number of carbonyl (C=O) groups excluding carboxylic acids is 2. The van der Waals surface area contributed by atoms with Crippen LogP contribution in [-0.4, -0.2) is 40.9 Å². The molecule has 3 aromatic rings. The van der Waals surface area contributed by atoms with E-state index < -0.39 is 18.0 Å². The van der Waals surface area contributed by atoms with Gasteiger partial charge in [-0.05, 0) is 38.1 Å².